The van der Waals surface area contributed by atoms with Crippen molar-refractivity contribution in [3.63, 3.8) is 0 Å². The number of pyridine rings is 1. The van der Waals surface area contributed by atoms with Crippen LogP contribution >= 0.6 is 0 Å². The molecule has 2 aromatic rings. The molecule has 0 unspecified atom stereocenters. The molecule has 23 heavy (non-hydrogen) atoms. The molecule has 0 spiro atoms. The van der Waals surface area contributed by atoms with Crippen LogP contribution in [0.25, 0.3) is 0 Å². The van der Waals surface area contributed by atoms with Gasteiger partial charge in [0.2, 0.25) is 0 Å². The van der Waals surface area contributed by atoms with Gasteiger partial charge < -0.3 is 14.5 Å². The fraction of sp³-hybridized carbons (Fsp3) is 0.333. The molecule has 0 atom stereocenters. The Morgan fingerprint density at radius 1 is 1.13 bits per heavy atom. The summed E-state index contributed by atoms with van der Waals surface area (Å²) in [5, 5.41) is 0. The Bertz CT molecular complexity index is 680. The van der Waals surface area contributed by atoms with E-state index in [-0.39, 0.29) is 5.91 Å². The number of aryl methyl sites for hydroxylation is 1. The van der Waals surface area contributed by atoms with Gasteiger partial charge in [0.15, 0.2) is 0 Å². The molecule has 1 amide bonds. The summed E-state index contributed by atoms with van der Waals surface area (Å²) in [6, 6.07) is 11.6. The van der Waals surface area contributed by atoms with Crippen molar-refractivity contribution >= 4 is 11.7 Å². The third-order valence-electron chi connectivity index (χ3n) is 4.13. The van der Waals surface area contributed by atoms with E-state index in [1.54, 1.807) is 13.3 Å². The number of methoxy groups -OCH3 is 1. The predicted molar refractivity (Wildman–Crippen MR) is 90.1 cm³/mol. The first-order valence-corrected chi connectivity index (χ1v) is 7.79. The number of rotatable bonds is 3. The monoisotopic (exact) mass is 311 g/mol. The molecule has 0 N–H and O–H groups in total. The second-order valence-corrected chi connectivity index (χ2v) is 5.67. The molecule has 0 aliphatic carbocycles. The fourth-order valence-electron chi connectivity index (χ4n) is 2.84. The summed E-state index contributed by atoms with van der Waals surface area (Å²) in [5.74, 6) is 1.63. The first-order valence-electron chi connectivity index (χ1n) is 7.79. The smallest absolute Gasteiger partial charge is 0.257 e. The van der Waals surface area contributed by atoms with Gasteiger partial charge >= 0.3 is 0 Å². The zero-order chi connectivity index (χ0) is 16.2. The molecular formula is C18H21N3O2. The average Bonchev–Trinajstić information content (AvgIpc) is 2.62. The molecule has 0 saturated carbocycles. The quantitative estimate of drug-likeness (QED) is 0.873. The highest BCUT2D eigenvalue weighted by atomic mass is 16.5. The maximum atomic E-state index is 12.8. The minimum Gasteiger partial charge on any atom is -0.496 e. The Balaban J connectivity index is 1.70. The molecule has 5 heteroatoms. The first-order chi connectivity index (χ1) is 11.2. The van der Waals surface area contributed by atoms with Crippen LogP contribution in [-0.4, -0.2) is 49.1 Å². The molecule has 1 aromatic heterocycles. The van der Waals surface area contributed by atoms with Crippen LogP contribution in [0.1, 0.15) is 15.9 Å². The average molecular weight is 311 g/mol. The Hall–Kier alpha value is -2.56. The number of amides is 1. The number of piperazine rings is 1. The van der Waals surface area contributed by atoms with Crippen LogP contribution < -0.4 is 9.64 Å². The van der Waals surface area contributed by atoms with Crippen molar-refractivity contribution in [3.8, 4) is 5.75 Å². The van der Waals surface area contributed by atoms with Crippen LogP contribution in [0.3, 0.4) is 0 Å². The summed E-state index contributed by atoms with van der Waals surface area (Å²) in [6.45, 7) is 4.93. The van der Waals surface area contributed by atoms with E-state index in [4.69, 9.17) is 4.74 Å². The number of anilines is 1. The lowest BCUT2D eigenvalue weighted by atomic mass is 10.1. The lowest BCUT2D eigenvalue weighted by Gasteiger charge is -2.35. The number of carbonyl (C=O) groups excluding carboxylic acids is 1. The van der Waals surface area contributed by atoms with E-state index in [1.807, 2.05) is 48.2 Å². The number of ether oxygens (including phenoxy) is 1. The number of hydrogen-bond donors (Lipinski definition) is 0. The summed E-state index contributed by atoms with van der Waals surface area (Å²) in [6.07, 6.45) is 1.80. The van der Waals surface area contributed by atoms with Crippen molar-refractivity contribution in [3.05, 3.63) is 53.7 Å². The molecule has 5 nitrogen and oxygen atoms in total. The van der Waals surface area contributed by atoms with Gasteiger partial charge in [-0.05, 0) is 31.2 Å². The van der Waals surface area contributed by atoms with Gasteiger partial charge in [-0.1, -0.05) is 17.7 Å². The number of benzene rings is 1. The van der Waals surface area contributed by atoms with Gasteiger partial charge in [-0.2, -0.15) is 0 Å². The Labute approximate surface area is 136 Å². The maximum Gasteiger partial charge on any atom is 0.257 e. The lowest BCUT2D eigenvalue weighted by molar-refractivity contribution is 0.0743. The second-order valence-electron chi connectivity index (χ2n) is 5.67. The van der Waals surface area contributed by atoms with Gasteiger partial charge in [-0.3, -0.25) is 4.79 Å². The van der Waals surface area contributed by atoms with Crippen molar-refractivity contribution in [2.24, 2.45) is 0 Å². The van der Waals surface area contributed by atoms with Gasteiger partial charge in [0.1, 0.15) is 11.6 Å². The minimum atomic E-state index is 0.0335. The highest BCUT2D eigenvalue weighted by Gasteiger charge is 2.24. The van der Waals surface area contributed by atoms with E-state index < -0.39 is 0 Å². The molecule has 120 valence electrons. The summed E-state index contributed by atoms with van der Waals surface area (Å²) in [4.78, 5) is 21.2. The van der Waals surface area contributed by atoms with Gasteiger partial charge in [0, 0.05) is 32.4 Å². The van der Waals surface area contributed by atoms with E-state index >= 15 is 0 Å². The second kappa shape index (κ2) is 6.69. The minimum absolute atomic E-state index is 0.0335. The summed E-state index contributed by atoms with van der Waals surface area (Å²) in [5.41, 5.74) is 1.69. The number of carbonyl (C=O) groups is 1. The molecular weight excluding hydrogens is 290 g/mol. The molecule has 1 aliphatic heterocycles. The maximum absolute atomic E-state index is 12.8. The predicted octanol–water partition coefficient (Wildman–Crippen LogP) is 2.36. The van der Waals surface area contributed by atoms with Crippen molar-refractivity contribution in [1.82, 2.24) is 9.88 Å². The molecule has 1 saturated heterocycles. The van der Waals surface area contributed by atoms with Gasteiger partial charge in [0.05, 0.1) is 12.7 Å². The Morgan fingerprint density at radius 3 is 2.57 bits per heavy atom. The van der Waals surface area contributed by atoms with Gasteiger partial charge in [-0.25, -0.2) is 4.98 Å². The van der Waals surface area contributed by atoms with E-state index in [1.165, 1.54) is 0 Å². The first kappa shape index (κ1) is 15.3. The largest absolute Gasteiger partial charge is 0.496 e. The molecule has 3 rings (SSSR count). The molecule has 1 aliphatic rings. The summed E-state index contributed by atoms with van der Waals surface area (Å²) >= 11 is 0. The number of aromatic nitrogens is 1. The number of hydrogen-bond acceptors (Lipinski definition) is 4. The standard InChI is InChI=1S/C18H21N3O2/c1-14-6-7-16(23-2)15(13-14)18(22)21-11-9-20(10-12-21)17-5-3-4-8-19-17/h3-8,13H,9-12H2,1-2H3. The molecule has 1 fully saturated rings. The lowest BCUT2D eigenvalue weighted by Crippen LogP contribution is -2.49. The van der Waals surface area contributed by atoms with Crippen LogP contribution in [0.5, 0.6) is 5.75 Å². The van der Waals surface area contributed by atoms with Crippen LogP contribution in [0.4, 0.5) is 5.82 Å². The molecule has 0 radical (unpaired) electrons. The van der Waals surface area contributed by atoms with E-state index in [0.29, 0.717) is 24.4 Å². The van der Waals surface area contributed by atoms with Gasteiger partial charge in [-0.15, -0.1) is 0 Å². The molecule has 0 bridgehead atoms. The van der Waals surface area contributed by atoms with E-state index in [0.717, 1.165) is 24.5 Å². The fourth-order valence-corrected chi connectivity index (χ4v) is 2.84. The van der Waals surface area contributed by atoms with Crippen molar-refractivity contribution in [2.45, 2.75) is 6.92 Å². The topological polar surface area (TPSA) is 45.7 Å². The van der Waals surface area contributed by atoms with Gasteiger partial charge in [0.25, 0.3) is 5.91 Å². The SMILES string of the molecule is COc1ccc(C)cc1C(=O)N1CCN(c2ccccn2)CC1. The van der Waals surface area contributed by atoms with Crippen LogP contribution in [0.2, 0.25) is 0 Å². The summed E-state index contributed by atoms with van der Waals surface area (Å²) < 4.78 is 5.33. The zero-order valence-electron chi connectivity index (χ0n) is 13.5. The van der Waals surface area contributed by atoms with E-state index in [9.17, 15) is 4.79 Å². The highest BCUT2D eigenvalue weighted by Crippen LogP contribution is 2.22. The highest BCUT2D eigenvalue weighted by molar-refractivity contribution is 5.97. The normalized spacial score (nSPS) is 14.7. The van der Waals surface area contributed by atoms with Crippen LogP contribution in [-0.2, 0) is 0 Å². The Kier molecular flexibility index (Phi) is 4.46. The van der Waals surface area contributed by atoms with Crippen LogP contribution in [0, 0.1) is 6.92 Å². The third-order valence-corrected chi connectivity index (χ3v) is 4.13. The summed E-state index contributed by atoms with van der Waals surface area (Å²) in [7, 11) is 1.60. The van der Waals surface area contributed by atoms with E-state index in [2.05, 4.69) is 9.88 Å². The van der Waals surface area contributed by atoms with Crippen molar-refractivity contribution < 1.29 is 9.53 Å². The van der Waals surface area contributed by atoms with Crippen molar-refractivity contribution in [1.29, 1.82) is 0 Å². The third kappa shape index (κ3) is 3.28. The molecule has 2 heterocycles. The van der Waals surface area contributed by atoms with Crippen molar-refractivity contribution in [2.75, 3.05) is 38.2 Å². The zero-order valence-corrected chi connectivity index (χ0v) is 13.5. The Morgan fingerprint density at radius 2 is 1.91 bits per heavy atom. The molecule has 1 aromatic carbocycles. The van der Waals surface area contributed by atoms with Crippen LogP contribution in [0.15, 0.2) is 42.6 Å². The number of nitrogens with zero attached hydrogens (tertiary/aromatic N) is 3.